The Morgan fingerprint density at radius 3 is 2.23 bits per heavy atom. The van der Waals surface area contributed by atoms with Gasteiger partial charge in [0, 0.05) is 20.9 Å². The first-order valence-electron chi connectivity index (χ1n) is 9.21. The van der Waals surface area contributed by atoms with Gasteiger partial charge in [-0.3, -0.25) is 4.79 Å². The lowest BCUT2D eigenvalue weighted by Crippen LogP contribution is -2.43. The van der Waals surface area contributed by atoms with Gasteiger partial charge in [0.05, 0.1) is 11.6 Å². The van der Waals surface area contributed by atoms with Crippen LogP contribution in [0.4, 0.5) is 0 Å². The monoisotopic (exact) mass is 503 g/mol. The average Bonchev–Trinajstić information content (AvgIpc) is 2.72. The molecule has 1 heterocycles. The Morgan fingerprint density at radius 2 is 1.63 bits per heavy atom. The van der Waals surface area contributed by atoms with E-state index in [2.05, 4.69) is 21.2 Å². The fraction of sp³-hybridized carbons (Fsp3) is 0.130. The molecule has 4 rings (SSSR count). The van der Waals surface area contributed by atoms with Crippen LogP contribution in [-0.2, 0) is 16.0 Å². The summed E-state index contributed by atoms with van der Waals surface area (Å²) in [7, 11) is 0. The molecule has 30 heavy (non-hydrogen) atoms. The van der Waals surface area contributed by atoms with Crippen LogP contribution in [0.5, 0.6) is 0 Å². The number of benzene rings is 3. The molecule has 0 aromatic heterocycles. The smallest absolute Gasteiger partial charge is 0.339 e. The van der Waals surface area contributed by atoms with E-state index >= 15 is 0 Å². The van der Waals surface area contributed by atoms with Gasteiger partial charge in [0.15, 0.2) is 6.10 Å². The number of hydrogen-bond acceptors (Lipinski definition) is 3. The van der Waals surface area contributed by atoms with Gasteiger partial charge in [0.25, 0.3) is 5.91 Å². The number of hydrogen-bond donors (Lipinski definition) is 1. The minimum atomic E-state index is -0.924. The van der Waals surface area contributed by atoms with Crippen LogP contribution in [0.25, 0.3) is 0 Å². The van der Waals surface area contributed by atoms with Gasteiger partial charge in [0.2, 0.25) is 0 Å². The normalized spacial score (nSPS) is 15.5. The fourth-order valence-electron chi connectivity index (χ4n) is 3.46. The molecule has 1 atom stereocenters. The van der Waals surface area contributed by atoms with Crippen LogP contribution in [0.3, 0.4) is 0 Å². The number of nitrogens with one attached hydrogen (secondary N) is 1. The lowest BCUT2D eigenvalue weighted by molar-refractivity contribution is -0.130. The van der Waals surface area contributed by atoms with Gasteiger partial charge >= 0.3 is 5.97 Å². The molecular weight excluding hydrogens is 489 g/mol. The van der Waals surface area contributed by atoms with Gasteiger partial charge in [-0.2, -0.15) is 0 Å². The van der Waals surface area contributed by atoms with Crippen molar-refractivity contribution in [2.45, 2.75) is 18.6 Å². The molecule has 0 bridgehead atoms. The molecular formula is C23H16BrCl2NO3. The van der Waals surface area contributed by atoms with E-state index < -0.39 is 18.1 Å². The number of esters is 1. The molecule has 4 nitrogen and oxygen atoms in total. The first-order valence-corrected chi connectivity index (χ1v) is 10.8. The molecule has 0 fully saturated rings. The summed E-state index contributed by atoms with van der Waals surface area (Å²) in [5, 5.41) is 4.10. The molecule has 0 radical (unpaired) electrons. The molecule has 7 heteroatoms. The Labute approximate surface area is 192 Å². The summed E-state index contributed by atoms with van der Waals surface area (Å²) in [5.41, 5.74) is 2.83. The summed E-state index contributed by atoms with van der Waals surface area (Å²) >= 11 is 15.7. The maximum atomic E-state index is 13.1. The van der Waals surface area contributed by atoms with Crippen molar-refractivity contribution < 1.29 is 14.3 Å². The second kappa shape index (κ2) is 8.80. The van der Waals surface area contributed by atoms with Crippen LogP contribution >= 0.6 is 39.1 Å². The van der Waals surface area contributed by atoms with Crippen molar-refractivity contribution in [3.8, 4) is 0 Å². The molecule has 152 valence electrons. The number of cyclic esters (lactones) is 1. The average molecular weight is 505 g/mol. The summed E-state index contributed by atoms with van der Waals surface area (Å²) < 4.78 is 6.21. The van der Waals surface area contributed by atoms with Crippen molar-refractivity contribution in [2.24, 2.45) is 0 Å². The molecule has 0 saturated carbocycles. The molecule has 1 amide bonds. The van der Waals surface area contributed by atoms with Crippen LogP contribution < -0.4 is 5.32 Å². The molecule has 3 aromatic rings. The van der Waals surface area contributed by atoms with Crippen molar-refractivity contribution in [1.82, 2.24) is 5.32 Å². The van der Waals surface area contributed by atoms with E-state index in [1.807, 2.05) is 36.4 Å². The van der Waals surface area contributed by atoms with Crippen LogP contribution in [0.2, 0.25) is 10.0 Å². The van der Waals surface area contributed by atoms with E-state index in [-0.39, 0.29) is 5.91 Å². The minimum Gasteiger partial charge on any atom is -0.448 e. The van der Waals surface area contributed by atoms with Crippen LogP contribution in [0.15, 0.2) is 71.2 Å². The molecule has 1 N–H and O–H groups in total. The van der Waals surface area contributed by atoms with Crippen molar-refractivity contribution >= 4 is 51.0 Å². The Balaban J connectivity index is 1.62. The SMILES string of the molecule is O=C1OC(C(=O)NC(c2cccc(Cl)c2)c2cccc(Cl)c2)Cc2ccc(Br)cc21. The van der Waals surface area contributed by atoms with E-state index in [1.165, 1.54) is 0 Å². The molecule has 0 aliphatic carbocycles. The van der Waals surface area contributed by atoms with Crippen LogP contribution in [0, 0.1) is 0 Å². The van der Waals surface area contributed by atoms with E-state index in [9.17, 15) is 9.59 Å². The topological polar surface area (TPSA) is 55.4 Å². The van der Waals surface area contributed by atoms with Crippen molar-refractivity contribution in [3.05, 3.63) is 104 Å². The fourth-order valence-corrected chi connectivity index (χ4v) is 4.22. The first-order chi connectivity index (χ1) is 14.4. The zero-order valence-corrected chi connectivity index (χ0v) is 18.7. The predicted molar refractivity (Wildman–Crippen MR) is 120 cm³/mol. The Kier molecular flexibility index (Phi) is 6.14. The van der Waals surface area contributed by atoms with Crippen LogP contribution in [-0.4, -0.2) is 18.0 Å². The molecule has 1 aliphatic heterocycles. The van der Waals surface area contributed by atoms with Gasteiger partial charge in [-0.1, -0.05) is 69.5 Å². The number of carbonyl (C=O) groups is 2. The van der Waals surface area contributed by atoms with Gasteiger partial charge in [-0.25, -0.2) is 4.79 Å². The Bertz CT molecular complexity index is 1090. The van der Waals surface area contributed by atoms with Crippen LogP contribution in [0.1, 0.15) is 33.1 Å². The maximum Gasteiger partial charge on any atom is 0.339 e. The van der Waals surface area contributed by atoms with Crippen molar-refractivity contribution in [3.63, 3.8) is 0 Å². The van der Waals surface area contributed by atoms with Gasteiger partial charge < -0.3 is 10.1 Å². The lowest BCUT2D eigenvalue weighted by atomic mass is 9.96. The standard InChI is InChI=1S/C23H16BrCl2NO3/c24-16-8-7-13-11-20(30-23(29)19(13)12-16)22(28)27-21(14-3-1-5-17(25)9-14)15-4-2-6-18(26)10-15/h1-10,12,20-21H,11H2,(H,27,28). The summed E-state index contributed by atoms with van der Waals surface area (Å²) in [4.78, 5) is 25.5. The summed E-state index contributed by atoms with van der Waals surface area (Å²) in [6.45, 7) is 0. The second-order valence-electron chi connectivity index (χ2n) is 6.95. The molecule has 1 aliphatic rings. The number of rotatable bonds is 4. The quantitative estimate of drug-likeness (QED) is 0.460. The summed E-state index contributed by atoms with van der Waals surface area (Å²) in [5.74, 6) is -0.901. The van der Waals surface area contributed by atoms with Gasteiger partial charge in [-0.15, -0.1) is 0 Å². The number of halogens is 3. The number of carbonyl (C=O) groups excluding carboxylic acids is 2. The number of ether oxygens (including phenoxy) is 1. The largest absolute Gasteiger partial charge is 0.448 e. The zero-order valence-electron chi connectivity index (χ0n) is 15.6. The molecule has 0 spiro atoms. The Morgan fingerprint density at radius 1 is 1.00 bits per heavy atom. The number of amides is 1. The maximum absolute atomic E-state index is 13.1. The highest BCUT2D eigenvalue weighted by atomic mass is 79.9. The Hall–Kier alpha value is -2.34. The first kappa shape index (κ1) is 20.9. The number of fused-ring (bicyclic) bond motifs is 1. The zero-order chi connectivity index (χ0) is 21.3. The highest BCUT2D eigenvalue weighted by Gasteiger charge is 2.33. The second-order valence-corrected chi connectivity index (χ2v) is 8.74. The van der Waals surface area contributed by atoms with Crippen molar-refractivity contribution in [1.29, 1.82) is 0 Å². The van der Waals surface area contributed by atoms with Gasteiger partial charge in [0.1, 0.15) is 0 Å². The van der Waals surface area contributed by atoms with Crippen molar-refractivity contribution in [2.75, 3.05) is 0 Å². The molecule has 0 saturated heterocycles. The summed E-state index contributed by atoms with van der Waals surface area (Å²) in [6, 6.07) is 19.3. The minimum absolute atomic E-state index is 0.304. The third-order valence-corrected chi connectivity index (χ3v) is 5.85. The third kappa shape index (κ3) is 4.53. The molecule has 1 unspecified atom stereocenters. The highest BCUT2D eigenvalue weighted by Crippen LogP contribution is 2.28. The van der Waals surface area contributed by atoms with E-state index in [0.717, 1.165) is 21.2 Å². The summed E-state index contributed by atoms with van der Waals surface area (Å²) in [6.07, 6.45) is -0.620. The van der Waals surface area contributed by atoms with E-state index in [4.69, 9.17) is 27.9 Å². The lowest BCUT2D eigenvalue weighted by Gasteiger charge is -2.27. The van der Waals surface area contributed by atoms with E-state index in [0.29, 0.717) is 22.0 Å². The highest BCUT2D eigenvalue weighted by molar-refractivity contribution is 9.10. The molecule has 3 aromatic carbocycles. The van der Waals surface area contributed by atoms with Gasteiger partial charge in [-0.05, 0) is 53.1 Å². The third-order valence-electron chi connectivity index (χ3n) is 4.89. The van der Waals surface area contributed by atoms with E-state index in [1.54, 1.807) is 30.3 Å². The predicted octanol–water partition coefficient (Wildman–Crippen LogP) is 5.74.